The zero-order valence-electron chi connectivity index (χ0n) is 22.5. The Morgan fingerprint density at radius 1 is 1.08 bits per heavy atom. The van der Waals surface area contributed by atoms with Crippen LogP contribution >= 0.6 is 11.8 Å². The minimum atomic E-state index is -0.184. The van der Waals surface area contributed by atoms with Crippen LogP contribution in [0, 0.1) is 23.2 Å². The second kappa shape index (κ2) is 10.0. The van der Waals surface area contributed by atoms with Gasteiger partial charge in [0.2, 0.25) is 0 Å². The van der Waals surface area contributed by atoms with E-state index in [1.165, 1.54) is 36.6 Å². The highest BCUT2D eigenvalue weighted by atomic mass is 32.2. The quantitative estimate of drug-likeness (QED) is 0.360. The number of hydrogen-bond acceptors (Lipinski definition) is 5. The first kappa shape index (κ1) is 25.4. The van der Waals surface area contributed by atoms with Crippen molar-refractivity contribution >= 4 is 40.4 Å². The Morgan fingerprint density at radius 3 is 2.34 bits per heavy atom. The molecule has 198 valence electrons. The lowest BCUT2D eigenvalue weighted by molar-refractivity contribution is -0.141. The normalized spacial score (nSPS) is 28.9. The third-order valence-corrected chi connectivity index (χ3v) is 9.95. The molecule has 4 fully saturated rings. The molecule has 2 aromatic carbocycles. The molecule has 2 aromatic rings. The number of anilines is 1. The summed E-state index contributed by atoms with van der Waals surface area (Å²) in [5.41, 5.74) is 3.12. The fraction of sp³-hybridized carbons (Fsp3) is 0.469. The summed E-state index contributed by atoms with van der Waals surface area (Å²) in [6, 6.07) is 15.7. The van der Waals surface area contributed by atoms with E-state index < -0.39 is 0 Å². The second-order valence-corrected chi connectivity index (χ2v) is 12.9. The topological polar surface area (TPSA) is 59.0 Å². The molecule has 5 aliphatic rings. The van der Waals surface area contributed by atoms with Crippen molar-refractivity contribution in [2.75, 3.05) is 17.8 Å². The van der Waals surface area contributed by atoms with Gasteiger partial charge in [-0.25, -0.2) is 4.99 Å². The molecule has 0 radical (unpaired) electrons. The number of methoxy groups -OCH3 is 1. The van der Waals surface area contributed by atoms with Gasteiger partial charge < -0.3 is 4.74 Å². The molecule has 0 unspecified atom stereocenters. The number of Topliss-reactive ketones (excluding diaryl/α,β-unsaturated/α-hetero) is 1. The van der Waals surface area contributed by atoms with Crippen LogP contribution in [0.3, 0.4) is 0 Å². The van der Waals surface area contributed by atoms with Gasteiger partial charge in [-0.1, -0.05) is 55.9 Å². The summed E-state index contributed by atoms with van der Waals surface area (Å²) < 4.78 is 5.42. The maximum atomic E-state index is 13.7. The van der Waals surface area contributed by atoms with Gasteiger partial charge in [-0.3, -0.25) is 14.5 Å². The average molecular weight is 529 g/mol. The lowest BCUT2D eigenvalue weighted by Gasteiger charge is -2.56. The van der Waals surface area contributed by atoms with Gasteiger partial charge in [0.15, 0.2) is 5.17 Å². The largest absolute Gasteiger partial charge is 0.497 e. The van der Waals surface area contributed by atoms with Crippen molar-refractivity contribution < 1.29 is 14.3 Å². The molecular weight excluding hydrogens is 492 g/mol. The summed E-state index contributed by atoms with van der Waals surface area (Å²) in [4.78, 5) is 33.8. The highest BCUT2D eigenvalue weighted by molar-refractivity contribution is 8.14. The molecule has 0 aromatic heterocycles. The van der Waals surface area contributed by atoms with Crippen LogP contribution in [-0.4, -0.2) is 29.7 Å². The second-order valence-electron chi connectivity index (χ2n) is 12.0. The summed E-state index contributed by atoms with van der Waals surface area (Å²) >= 11 is 1.41. The molecule has 5 nitrogen and oxygen atoms in total. The van der Waals surface area contributed by atoms with E-state index in [0.717, 1.165) is 42.6 Å². The fourth-order valence-electron chi connectivity index (χ4n) is 7.44. The highest BCUT2D eigenvalue weighted by Gasteiger charge is 2.54. The van der Waals surface area contributed by atoms with Gasteiger partial charge in [-0.15, -0.1) is 0 Å². The Labute approximate surface area is 229 Å². The number of ether oxygens (including phenoxy) is 1. The smallest absolute Gasteiger partial charge is 0.283 e. The van der Waals surface area contributed by atoms with E-state index >= 15 is 0 Å². The number of amides is 1. The van der Waals surface area contributed by atoms with Gasteiger partial charge >= 0.3 is 0 Å². The molecule has 38 heavy (non-hydrogen) atoms. The van der Waals surface area contributed by atoms with Crippen LogP contribution in [0.15, 0.2) is 59.2 Å². The first-order valence-electron chi connectivity index (χ1n) is 13.9. The van der Waals surface area contributed by atoms with Crippen molar-refractivity contribution in [1.29, 1.82) is 0 Å². The molecule has 1 amide bonds. The van der Waals surface area contributed by atoms with Gasteiger partial charge in [0.05, 0.1) is 18.6 Å². The fourth-order valence-corrected chi connectivity index (χ4v) is 8.49. The Balaban J connectivity index is 1.27. The number of carbonyl (C=O) groups is 2. The molecular formula is C32H36N2O3S. The van der Waals surface area contributed by atoms with Crippen LogP contribution in [0.5, 0.6) is 5.75 Å². The summed E-state index contributed by atoms with van der Waals surface area (Å²) in [5.74, 6) is 3.82. The molecule has 0 atom stereocenters. The molecule has 7 rings (SSSR count). The SMILES string of the molecule is COc1cccc(N2C(=O)C(=Cc3ccc(C(C)C)cc3)N=C2SCC(=O)C23CC4CC(CC(C4)C2)C3)c1. The van der Waals surface area contributed by atoms with Crippen LogP contribution in [0.25, 0.3) is 6.08 Å². The number of benzene rings is 2. The zero-order valence-corrected chi connectivity index (χ0v) is 23.3. The van der Waals surface area contributed by atoms with Gasteiger partial charge in [-0.2, -0.15) is 0 Å². The van der Waals surface area contributed by atoms with Crippen molar-refractivity contribution in [3.05, 3.63) is 65.4 Å². The molecule has 4 saturated carbocycles. The van der Waals surface area contributed by atoms with Crippen molar-refractivity contribution in [3.8, 4) is 5.75 Å². The Bertz CT molecular complexity index is 1270. The molecule has 1 heterocycles. The molecule has 4 aliphatic carbocycles. The minimum Gasteiger partial charge on any atom is -0.497 e. The van der Waals surface area contributed by atoms with E-state index in [9.17, 15) is 9.59 Å². The van der Waals surface area contributed by atoms with Crippen molar-refractivity contribution in [2.24, 2.45) is 28.2 Å². The predicted molar refractivity (Wildman–Crippen MR) is 154 cm³/mol. The van der Waals surface area contributed by atoms with Gasteiger partial charge in [0.1, 0.15) is 17.2 Å². The van der Waals surface area contributed by atoms with Crippen LogP contribution in [0.4, 0.5) is 5.69 Å². The number of hydrogen-bond donors (Lipinski definition) is 0. The predicted octanol–water partition coefficient (Wildman–Crippen LogP) is 7.08. The highest BCUT2D eigenvalue weighted by Crippen LogP contribution is 2.60. The summed E-state index contributed by atoms with van der Waals surface area (Å²) in [6.45, 7) is 4.33. The lowest BCUT2D eigenvalue weighted by Crippen LogP contribution is -2.50. The van der Waals surface area contributed by atoms with E-state index in [4.69, 9.17) is 9.73 Å². The Hall–Kier alpha value is -2.86. The molecule has 0 spiro atoms. The number of amidine groups is 1. The average Bonchev–Trinajstić information content (AvgIpc) is 3.21. The number of thioether (sulfide) groups is 1. The number of rotatable bonds is 7. The van der Waals surface area contributed by atoms with Crippen molar-refractivity contribution in [2.45, 2.75) is 58.3 Å². The number of ketones is 1. The lowest BCUT2D eigenvalue weighted by atomic mass is 9.48. The zero-order chi connectivity index (χ0) is 26.4. The first-order valence-corrected chi connectivity index (χ1v) is 14.9. The maximum Gasteiger partial charge on any atom is 0.283 e. The maximum absolute atomic E-state index is 13.7. The van der Waals surface area contributed by atoms with Crippen molar-refractivity contribution in [3.63, 3.8) is 0 Å². The van der Waals surface area contributed by atoms with Gasteiger partial charge in [0, 0.05) is 11.5 Å². The number of aliphatic imine (C=N–C) groups is 1. The standard InChI is InChI=1S/C32H36N2O3S/c1-20(2)25-9-7-21(8-10-25)14-28-30(36)34(26-5-4-6-27(15-26)37-3)31(33-28)38-19-29(35)32-16-22-11-23(17-32)13-24(12-22)18-32/h4-10,14-15,20,22-24H,11-13,16-19H2,1-3H3. The molecule has 0 saturated heterocycles. The van der Waals surface area contributed by atoms with E-state index in [2.05, 4.69) is 26.0 Å². The Morgan fingerprint density at radius 2 is 1.74 bits per heavy atom. The van der Waals surface area contributed by atoms with E-state index in [1.54, 1.807) is 12.0 Å². The van der Waals surface area contributed by atoms with Gasteiger partial charge in [-0.05, 0) is 91.5 Å². The van der Waals surface area contributed by atoms with Crippen LogP contribution in [0.1, 0.15) is 69.4 Å². The van der Waals surface area contributed by atoms with E-state index in [1.807, 2.05) is 42.5 Å². The van der Waals surface area contributed by atoms with Crippen LogP contribution in [-0.2, 0) is 9.59 Å². The third-order valence-electron chi connectivity index (χ3n) is 9.01. The summed E-state index contributed by atoms with van der Waals surface area (Å²) in [7, 11) is 1.62. The minimum absolute atomic E-state index is 0.150. The number of carbonyl (C=O) groups excluding carboxylic acids is 2. The monoisotopic (exact) mass is 528 g/mol. The summed E-state index contributed by atoms with van der Waals surface area (Å²) in [6.07, 6.45) is 8.96. The molecule has 6 heteroatoms. The summed E-state index contributed by atoms with van der Waals surface area (Å²) in [5, 5.41) is 0.561. The van der Waals surface area contributed by atoms with Crippen LogP contribution in [0.2, 0.25) is 0 Å². The molecule has 1 aliphatic heterocycles. The van der Waals surface area contributed by atoms with Crippen molar-refractivity contribution in [1.82, 2.24) is 0 Å². The van der Waals surface area contributed by atoms with Gasteiger partial charge in [0.25, 0.3) is 5.91 Å². The Kier molecular flexibility index (Phi) is 6.71. The van der Waals surface area contributed by atoms with Crippen LogP contribution < -0.4 is 9.64 Å². The van der Waals surface area contributed by atoms with E-state index in [-0.39, 0.29) is 11.3 Å². The molecule has 0 N–H and O–H groups in total. The third kappa shape index (κ3) is 4.72. The first-order chi connectivity index (χ1) is 18.3. The molecule has 4 bridgehead atoms. The van der Waals surface area contributed by atoms with E-state index in [0.29, 0.717) is 39.8 Å². The number of nitrogens with zero attached hydrogens (tertiary/aromatic N) is 2.